The van der Waals surface area contributed by atoms with Crippen molar-refractivity contribution in [3.8, 4) is 0 Å². The third-order valence-electron chi connectivity index (χ3n) is 5.08. The van der Waals surface area contributed by atoms with Crippen LogP contribution in [-0.4, -0.2) is 61.0 Å². The number of hydrogen-bond acceptors (Lipinski definition) is 3. The van der Waals surface area contributed by atoms with Crippen LogP contribution in [0.3, 0.4) is 0 Å². The van der Waals surface area contributed by atoms with Crippen molar-refractivity contribution < 1.29 is 4.79 Å². The largest absolute Gasteiger partial charge is 0.342 e. The van der Waals surface area contributed by atoms with Crippen molar-refractivity contribution in [2.75, 3.05) is 39.3 Å². The highest BCUT2D eigenvalue weighted by Gasteiger charge is 2.30. The molecule has 3 heterocycles. The Morgan fingerprint density at radius 1 is 0.905 bits per heavy atom. The fourth-order valence-electron chi connectivity index (χ4n) is 3.89. The molecule has 0 saturated carbocycles. The van der Waals surface area contributed by atoms with Gasteiger partial charge in [-0.1, -0.05) is 0 Å². The van der Waals surface area contributed by atoms with E-state index in [1.165, 1.54) is 45.2 Å². The second kappa shape index (κ2) is 9.19. The minimum absolute atomic E-state index is 0. The summed E-state index contributed by atoms with van der Waals surface area (Å²) in [5.41, 5.74) is 0. The molecule has 21 heavy (non-hydrogen) atoms. The molecular weight excluding hydrogens is 309 g/mol. The first-order valence-corrected chi connectivity index (χ1v) is 8.08. The predicted molar refractivity (Wildman–Crippen MR) is 90.5 cm³/mol. The summed E-state index contributed by atoms with van der Waals surface area (Å²) in [6.07, 6.45) is 7.43. The summed E-state index contributed by atoms with van der Waals surface area (Å²) in [7, 11) is 0. The molecule has 3 aliphatic rings. The Morgan fingerprint density at radius 3 is 2.33 bits per heavy atom. The van der Waals surface area contributed by atoms with E-state index in [9.17, 15) is 4.79 Å². The molecule has 3 rings (SSSR count). The van der Waals surface area contributed by atoms with Crippen LogP contribution < -0.4 is 5.32 Å². The average Bonchev–Trinajstić information content (AvgIpc) is 3.08. The highest BCUT2D eigenvalue weighted by molar-refractivity contribution is 5.85. The van der Waals surface area contributed by atoms with E-state index in [0.717, 1.165) is 38.6 Å². The monoisotopic (exact) mass is 337 g/mol. The van der Waals surface area contributed by atoms with Gasteiger partial charge < -0.3 is 15.1 Å². The second-order valence-corrected chi connectivity index (χ2v) is 6.34. The zero-order valence-electron chi connectivity index (χ0n) is 12.8. The molecule has 3 fully saturated rings. The topological polar surface area (TPSA) is 35.6 Å². The molecule has 3 aliphatic heterocycles. The molecule has 124 valence electrons. The van der Waals surface area contributed by atoms with Crippen LogP contribution in [0.4, 0.5) is 0 Å². The molecular formula is C15H29Cl2N3O. The standard InChI is InChI=1S/C15H27N3O.2ClH/c19-15(13-5-7-16-12-13)18-10-3-4-14(6-11-18)17-8-1-2-9-17;;/h13-14,16H,1-12H2;2*1H. The first-order valence-electron chi connectivity index (χ1n) is 8.08. The molecule has 1 amide bonds. The van der Waals surface area contributed by atoms with Crippen molar-refractivity contribution in [3.63, 3.8) is 0 Å². The fraction of sp³-hybridized carbons (Fsp3) is 0.933. The van der Waals surface area contributed by atoms with Crippen molar-refractivity contribution >= 4 is 30.7 Å². The van der Waals surface area contributed by atoms with Crippen LogP contribution in [0.1, 0.15) is 38.5 Å². The van der Waals surface area contributed by atoms with Crippen molar-refractivity contribution in [1.82, 2.24) is 15.1 Å². The van der Waals surface area contributed by atoms with Crippen LogP contribution in [0.15, 0.2) is 0 Å². The summed E-state index contributed by atoms with van der Waals surface area (Å²) in [4.78, 5) is 17.3. The van der Waals surface area contributed by atoms with E-state index in [1.54, 1.807) is 0 Å². The van der Waals surface area contributed by atoms with Crippen LogP contribution >= 0.6 is 24.8 Å². The van der Waals surface area contributed by atoms with E-state index in [-0.39, 0.29) is 30.7 Å². The van der Waals surface area contributed by atoms with E-state index in [4.69, 9.17) is 0 Å². The number of carbonyl (C=O) groups excluding carboxylic acids is 1. The van der Waals surface area contributed by atoms with Gasteiger partial charge in [0.1, 0.15) is 0 Å². The fourth-order valence-corrected chi connectivity index (χ4v) is 3.89. The summed E-state index contributed by atoms with van der Waals surface area (Å²) >= 11 is 0. The van der Waals surface area contributed by atoms with E-state index in [0.29, 0.717) is 5.91 Å². The van der Waals surface area contributed by atoms with Crippen LogP contribution in [-0.2, 0) is 4.79 Å². The smallest absolute Gasteiger partial charge is 0.227 e. The quantitative estimate of drug-likeness (QED) is 0.836. The summed E-state index contributed by atoms with van der Waals surface area (Å²) in [5.74, 6) is 0.662. The average molecular weight is 338 g/mol. The Bertz CT molecular complexity index is 318. The minimum Gasteiger partial charge on any atom is -0.342 e. The van der Waals surface area contributed by atoms with Gasteiger partial charge in [0.15, 0.2) is 0 Å². The lowest BCUT2D eigenvalue weighted by atomic mass is 10.1. The lowest BCUT2D eigenvalue weighted by Gasteiger charge is -2.27. The molecule has 0 aromatic heterocycles. The van der Waals surface area contributed by atoms with Gasteiger partial charge in [0.25, 0.3) is 0 Å². The zero-order valence-corrected chi connectivity index (χ0v) is 14.4. The molecule has 1 N–H and O–H groups in total. The first kappa shape index (κ1) is 19.0. The number of hydrogen-bond donors (Lipinski definition) is 1. The number of amides is 1. The van der Waals surface area contributed by atoms with Gasteiger partial charge in [-0.05, 0) is 58.2 Å². The Morgan fingerprint density at radius 2 is 1.67 bits per heavy atom. The third-order valence-corrected chi connectivity index (χ3v) is 5.08. The van der Waals surface area contributed by atoms with Gasteiger partial charge in [-0.25, -0.2) is 0 Å². The number of halogens is 2. The van der Waals surface area contributed by atoms with E-state index < -0.39 is 0 Å². The minimum atomic E-state index is 0. The highest BCUT2D eigenvalue weighted by atomic mass is 35.5. The van der Waals surface area contributed by atoms with E-state index in [1.807, 2.05) is 0 Å². The Kier molecular flexibility index (Phi) is 8.32. The van der Waals surface area contributed by atoms with Crippen molar-refractivity contribution in [3.05, 3.63) is 0 Å². The molecule has 0 aromatic rings. The Hall–Kier alpha value is -0.0300. The van der Waals surface area contributed by atoms with Crippen LogP contribution in [0.2, 0.25) is 0 Å². The molecule has 2 atom stereocenters. The maximum absolute atomic E-state index is 12.5. The molecule has 6 heteroatoms. The molecule has 3 saturated heterocycles. The molecule has 0 radical (unpaired) electrons. The summed E-state index contributed by atoms with van der Waals surface area (Å²) < 4.78 is 0. The summed E-state index contributed by atoms with van der Waals surface area (Å²) in [6.45, 7) is 6.44. The lowest BCUT2D eigenvalue weighted by molar-refractivity contribution is -0.134. The van der Waals surface area contributed by atoms with Gasteiger partial charge >= 0.3 is 0 Å². The predicted octanol–water partition coefficient (Wildman–Crippen LogP) is 1.92. The second-order valence-electron chi connectivity index (χ2n) is 6.34. The van der Waals surface area contributed by atoms with Crippen LogP contribution in [0.5, 0.6) is 0 Å². The van der Waals surface area contributed by atoms with E-state index in [2.05, 4.69) is 15.1 Å². The first-order chi connectivity index (χ1) is 9.34. The van der Waals surface area contributed by atoms with Crippen molar-refractivity contribution in [1.29, 1.82) is 0 Å². The van der Waals surface area contributed by atoms with Crippen molar-refractivity contribution in [2.24, 2.45) is 5.92 Å². The zero-order chi connectivity index (χ0) is 13.1. The Labute approximate surface area is 140 Å². The number of rotatable bonds is 2. The lowest BCUT2D eigenvalue weighted by Crippen LogP contribution is -2.39. The van der Waals surface area contributed by atoms with E-state index >= 15 is 0 Å². The maximum Gasteiger partial charge on any atom is 0.227 e. The Balaban J connectivity index is 0.00000110. The molecule has 0 bridgehead atoms. The number of nitrogens with one attached hydrogen (secondary N) is 1. The van der Waals surface area contributed by atoms with Crippen molar-refractivity contribution in [2.45, 2.75) is 44.6 Å². The summed E-state index contributed by atoms with van der Waals surface area (Å²) in [6, 6.07) is 0.738. The van der Waals surface area contributed by atoms with Crippen LogP contribution in [0, 0.1) is 5.92 Å². The molecule has 2 unspecified atom stereocenters. The number of nitrogens with zero attached hydrogens (tertiary/aromatic N) is 2. The van der Waals surface area contributed by atoms with Gasteiger partial charge in [-0.15, -0.1) is 24.8 Å². The van der Waals surface area contributed by atoms with Gasteiger partial charge in [0, 0.05) is 25.7 Å². The maximum atomic E-state index is 12.5. The molecule has 0 aromatic carbocycles. The highest BCUT2D eigenvalue weighted by Crippen LogP contribution is 2.22. The van der Waals surface area contributed by atoms with Gasteiger partial charge in [0.05, 0.1) is 5.92 Å². The summed E-state index contributed by atoms with van der Waals surface area (Å²) in [5, 5.41) is 3.31. The van der Waals surface area contributed by atoms with Gasteiger partial charge in [-0.3, -0.25) is 4.79 Å². The SMILES string of the molecule is Cl.Cl.O=C(C1CCNC1)N1CCCC(N2CCCC2)CC1. The molecule has 0 aliphatic carbocycles. The normalized spacial score (nSPS) is 30.4. The van der Waals surface area contributed by atoms with Gasteiger partial charge in [0.2, 0.25) is 5.91 Å². The third kappa shape index (κ3) is 4.72. The van der Waals surface area contributed by atoms with Gasteiger partial charge in [-0.2, -0.15) is 0 Å². The number of likely N-dealkylation sites (tertiary alicyclic amines) is 2. The molecule has 0 spiro atoms. The number of carbonyl (C=O) groups is 1. The van der Waals surface area contributed by atoms with Crippen LogP contribution in [0.25, 0.3) is 0 Å². The molecule has 4 nitrogen and oxygen atoms in total.